The van der Waals surface area contributed by atoms with E-state index in [1.165, 1.54) is 0 Å². The molecule has 1 aliphatic rings. The van der Waals surface area contributed by atoms with Crippen LogP contribution in [0.3, 0.4) is 0 Å². The van der Waals surface area contributed by atoms with Crippen molar-refractivity contribution in [1.29, 1.82) is 0 Å². The Kier molecular flexibility index (Phi) is 4.98. The number of rotatable bonds is 4. The van der Waals surface area contributed by atoms with Crippen LogP contribution in [0, 0.1) is 0 Å². The number of halogens is 2. The second kappa shape index (κ2) is 6.96. The van der Waals surface area contributed by atoms with Gasteiger partial charge in [-0.3, -0.25) is 9.80 Å². The van der Waals surface area contributed by atoms with Gasteiger partial charge >= 0.3 is 0 Å². The van der Waals surface area contributed by atoms with Gasteiger partial charge in [0, 0.05) is 52.2 Å². The Morgan fingerprint density at radius 2 is 1.73 bits per heavy atom. The summed E-state index contributed by atoms with van der Waals surface area (Å²) in [5.41, 5.74) is 0.853. The molecular weight excluding hydrogens is 321 g/mol. The van der Waals surface area contributed by atoms with Crippen LogP contribution in [-0.2, 0) is 20.1 Å². The van der Waals surface area contributed by atoms with Crippen molar-refractivity contribution in [3.63, 3.8) is 0 Å². The van der Waals surface area contributed by atoms with Crippen LogP contribution in [0.15, 0.2) is 24.5 Å². The van der Waals surface area contributed by atoms with E-state index in [-0.39, 0.29) is 0 Å². The van der Waals surface area contributed by atoms with Gasteiger partial charge in [0.2, 0.25) is 0 Å². The summed E-state index contributed by atoms with van der Waals surface area (Å²) in [5.74, 6) is 1.10. The lowest BCUT2D eigenvalue weighted by Crippen LogP contribution is -2.45. The third kappa shape index (κ3) is 3.79. The highest BCUT2D eigenvalue weighted by Crippen LogP contribution is 2.19. The van der Waals surface area contributed by atoms with E-state index in [1.54, 1.807) is 6.07 Å². The summed E-state index contributed by atoms with van der Waals surface area (Å²) in [5, 5.41) is 1.17. The summed E-state index contributed by atoms with van der Waals surface area (Å²) in [6.07, 6.45) is 3.83. The fourth-order valence-electron chi connectivity index (χ4n) is 2.63. The van der Waals surface area contributed by atoms with Crippen LogP contribution in [0.1, 0.15) is 11.5 Å². The molecule has 7 heteroatoms. The first-order valence-corrected chi connectivity index (χ1v) is 8.09. The first kappa shape index (κ1) is 15.7. The van der Waals surface area contributed by atoms with Crippen LogP contribution >= 0.6 is 23.2 Å². The summed E-state index contributed by atoms with van der Waals surface area (Å²) in [7, 11) is 2.03. The van der Waals surface area contributed by atoms with E-state index in [9.17, 15) is 0 Å². The number of nitrogens with zero attached hydrogens (tertiary/aromatic N) is 5. The molecule has 0 saturated carbocycles. The van der Waals surface area contributed by atoms with Crippen LogP contribution in [0.2, 0.25) is 10.2 Å². The lowest BCUT2D eigenvalue weighted by molar-refractivity contribution is 0.118. The number of aryl methyl sites for hydroxylation is 1. The van der Waals surface area contributed by atoms with Crippen molar-refractivity contribution >= 4 is 23.2 Å². The Bertz CT molecular complexity index is 635. The lowest BCUT2D eigenvalue weighted by atomic mass is 10.2. The fourth-order valence-corrected chi connectivity index (χ4v) is 2.96. The largest absolute Gasteiger partial charge is 0.337 e. The second-order valence-corrected chi connectivity index (χ2v) is 6.36. The molecule has 2 aromatic heterocycles. The van der Waals surface area contributed by atoms with Gasteiger partial charge in [0.25, 0.3) is 0 Å². The summed E-state index contributed by atoms with van der Waals surface area (Å²) in [6.45, 7) is 5.67. The molecular formula is C15H19Cl2N5. The van der Waals surface area contributed by atoms with Gasteiger partial charge in [-0.1, -0.05) is 23.2 Å². The third-order valence-electron chi connectivity index (χ3n) is 4.01. The highest BCUT2D eigenvalue weighted by molar-refractivity contribution is 6.32. The molecule has 0 atom stereocenters. The number of imidazole rings is 1. The topological polar surface area (TPSA) is 37.2 Å². The Morgan fingerprint density at radius 1 is 1.05 bits per heavy atom. The van der Waals surface area contributed by atoms with Gasteiger partial charge < -0.3 is 4.57 Å². The normalized spacial score (nSPS) is 17.0. The molecule has 118 valence electrons. The zero-order valence-corrected chi connectivity index (χ0v) is 14.1. The predicted molar refractivity (Wildman–Crippen MR) is 88.0 cm³/mol. The number of hydrogen-bond donors (Lipinski definition) is 0. The molecule has 0 amide bonds. The third-order valence-corrected chi connectivity index (χ3v) is 4.56. The molecule has 3 rings (SSSR count). The molecule has 0 N–H and O–H groups in total. The number of hydrogen-bond acceptors (Lipinski definition) is 4. The van der Waals surface area contributed by atoms with E-state index in [4.69, 9.17) is 23.2 Å². The Labute approximate surface area is 140 Å². The van der Waals surface area contributed by atoms with Crippen LogP contribution in [0.5, 0.6) is 0 Å². The number of piperazine rings is 1. The van der Waals surface area contributed by atoms with E-state index in [2.05, 4.69) is 24.3 Å². The first-order valence-electron chi connectivity index (χ1n) is 7.33. The lowest BCUT2D eigenvalue weighted by Gasteiger charge is -2.34. The van der Waals surface area contributed by atoms with Gasteiger partial charge in [0.15, 0.2) is 0 Å². The molecule has 0 bridgehead atoms. The monoisotopic (exact) mass is 339 g/mol. The maximum absolute atomic E-state index is 6.19. The van der Waals surface area contributed by atoms with Crippen molar-refractivity contribution in [3.8, 4) is 0 Å². The second-order valence-electron chi connectivity index (χ2n) is 5.57. The molecule has 0 radical (unpaired) electrons. The smallest absolute Gasteiger partial charge is 0.129 e. The van der Waals surface area contributed by atoms with Gasteiger partial charge in [-0.05, 0) is 12.1 Å². The van der Waals surface area contributed by atoms with Gasteiger partial charge in [0.05, 0.1) is 17.3 Å². The number of aromatic nitrogens is 3. The summed E-state index contributed by atoms with van der Waals surface area (Å²) >= 11 is 12.1. The SMILES string of the molecule is Cn1ccnc1CN1CCN(Cc2nc(Cl)ccc2Cl)CC1. The predicted octanol–water partition coefficient (Wildman–Crippen LogP) is 2.44. The molecule has 5 nitrogen and oxygen atoms in total. The Hall–Kier alpha value is -1.14. The number of pyridine rings is 1. The van der Waals surface area contributed by atoms with E-state index in [0.29, 0.717) is 10.2 Å². The molecule has 3 heterocycles. The minimum atomic E-state index is 0.493. The van der Waals surface area contributed by atoms with Crippen molar-refractivity contribution in [2.75, 3.05) is 26.2 Å². The van der Waals surface area contributed by atoms with E-state index >= 15 is 0 Å². The maximum Gasteiger partial charge on any atom is 0.129 e. The summed E-state index contributed by atoms with van der Waals surface area (Å²) in [6, 6.07) is 3.53. The van der Waals surface area contributed by atoms with E-state index in [0.717, 1.165) is 50.8 Å². The summed E-state index contributed by atoms with van der Waals surface area (Å²) < 4.78 is 2.07. The molecule has 0 unspecified atom stereocenters. The molecule has 0 spiro atoms. The van der Waals surface area contributed by atoms with Crippen molar-refractivity contribution < 1.29 is 0 Å². The van der Waals surface area contributed by atoms with Crippen LogP contribution in [0.4, 0.5) is 0 Å². The fraction of sp³-hybridized carbons (Fsp3) is 0.467. The molecule has 0 aromatic carbocycles. The summed E-state index contributed by atoms with van der Waals surface area (Å²) in [4.78, 5) is 13.5. The van der Waals surface area contributed by atoms with E-state index in [1.807, 2.05) is 25.5 Å². The molecule has 1 aliphatic heterocycles. The van der Waals surface area contributed by atoms with Crippen LogP contribution in [-0.4, -0.2) is 50.5 Å². The standard InChI is InChI=1S/C15H19Cl2N5/c1-20-5-4-18-15(20)11-22-8-6-21(7-9-22)10-13-12(16)2-3-14(17)19-13/h2-5H,6-11H2,1H3. The van der Waals surface area contributed by atoms with Crippen LogP contribution in [0.25, 0.3) is 0 Å². The van der Waals surface area contributed by atoms with Crippen molar-refractivity contribution in [2.24, 2.45) is 7.05 Å². The highest BCUT2D eigenvalue weighted by atomic mass is 35.5. The Morgan fingerprint density at radius 3 is 2.36 bits per heavy atom. The minimum absolute atomic E-state index is 0.493. The van der Waals surface area contributed by atoms with Gasteiger partial charge in [0.1, 0.15) is 11.0 Å². The average Bonchev–Trinajstić information content (AvgIpc) is 2.90. The quantitative estimate of drug-likeness (QED) is 0.802. The molecule has 0 aliphatic carbocycles. The minimum Gasteiger partial charge on any atom is -0.337 e. The van der Waals surface area contributed by atoms with E-state index < -0.39 is 0 Å². The van der Waals surface area contributed by atoms with Crippen molar-refractivity contribution in [3.05, 3.63) is 46.2 Å². The van der Waals surface area contributed by atoms with Crippen LogP contribution < -0.4 is 0 Å². The highest BCUT2D eigenvalue weighted by Gasteiger charge is 2.19. The zero-order valence-electron chi connectivity index (χ0n) is 12.5. The first-order chi connectivity index (χ1) is 10.6. The maximum atomic E-state index is 6.19. The van der Waals surface area contributed by atoms with Crippen molar-refractivity contribution in [1.82, 2.24) is 24.3 Å². The average molecular weight is 340 g/mol. The molecule has 1 fully saturated rings. The molecule has 2 aromatic rings. The van der Waals surface area contributed by atoms with Gasteiger partial charge in [-0.2, -0.15) is 0 Å². The van der Waals surface area contributed by atoms with Gasteiger partial charge in [-0.25, -0.2) is 9.97 Å². The molecule has 1 saturated heterocycles. The zero-order chi connectivity index (χ0) is 15.5. The molecule has 22 heavy (non-hydrogen) atoms. The van der Waals surface area contributed by atoms with Crippen molar-refractivity contribution in [2.45, 2.75) is 13.1 Å². The van der Waals surface area contributed by atoms with Gasteiger partial charge in [-0.15, -0.1) is 0 Å². The Balaban J connectivity index is 1.53.